The van der Waals surface area contributed by atoms with E-state index in [2.05, 4.69) is 9.78 Å². The molecule has 3 heterocycles. The lowest BCUT2D eigenvalue weighted by molar-refractivity contribution is 0.0524. The monoisotopic (exact) mass is 449 g/mol. The van der Waals surface area contributed by atoms with Gasteiger partial charge in [0.2, 0.25) is 0 Å². The fraction of sp³-hybridized carbons (Fsp3) is 0.280. The van der Waals surface area contributed by atoms with Gasteiger partial charge in [-0.2, -0.15) is 0 Å². The predicted molar refractivity (Wildman–Crippen MR) is 123 cm³/mol. The molecular weight excluding hydrogens is 425 g/mol. The fourth-order valence-electron chi connectivity index (χ4n) is 4.12. The molecule has 0 bridgehead atoms. The third-order valence-corrected chi connectivity index (χ3v) is 6.72. The maximum absolute atomic E-state index is 14.3. The van der Waals surface area contributed by atoms with Crippen molar-refractivity contribution in [1.29, 1.82) is 0 Å². The molecule has 32 heavy (non-hydrogen) atoms. The van der Waals surface area contributed by atoms with E-state index < -0.39 is 5.82 Å². The molecular formula is C25H24FN3O2S. The van der Waals surface area contributed by atoms with Crippen molar-refractivity contribution in [2.75, 3.05) is 19.7 Å². The van der Waals surface area contributed by atoms with Crippen LogP contribution in [0.1, 0.15) is 28.9 Å². The van der Waals surface area contributed by atoms with Gasteiger partial charge in [0.25, 0.3) is 5.91 Å². The number of hydrogen-bond donors (Lipinski definition) is 0. The first-order valence-electron chi connectivity index (χ1n) is 10.9. The van der Waals surface area contributed by atoms with Crippen molar-refractivity contribution in [2.24, 2.45) is 0 Å². The molecule has 5 rings (SSSR count). The van der Waals surface area contributed by atoms with Crippen molar-refractivity contribution >= 4 is 22.2 Å². The van der Waals surface area contributed by atoms with Gasteiger partial charge in [-0.05, 0) is 25.0 Å². The zero-order chi connectivity index (χ0) is 21.9. The van der Waals surface area contributed by atoms with Gasteiger partial charge < -0.3 is 9.64 Å². The molecule has 4 aromatic rings. The van der Waals surface area contributed by atoms with Gasteiger partial charge in [0.1, 0.15) is 5.82 Å². The number of ether oxygens (including phenoxy) is 1. The molecule has 1 amide bonds. The second-order valence-corrected chi connectivity index (χ2v) is 8.82. The van der Waals surface area contributed by atoms with E-state index in [1.165, 1.54) is 6.07 Å². The van der Waals surface area contributed by atoms with Crippen LogP contribution in [0.25, 0.3) is 16.2 Å². The van der Waals surface area contributed by atoms with Crippen molar-refractivity contribution in [3.8, 4) is 11.3 Å². The summed E-state index contributed by atoms with van der Waals surface area (Å²) in [4.78, 5) is 20.6. The summed E-state index contributed by atoms with van der Waals surface area (Å²) >= 11 is 1.58. The molecule has 2 aromatic carbocycles. The smallest absolute Gasteiger partial charge is 0.256 e. The van der Waals surface area contributed by atoms with E-state index in [-0.39, 0.29) is 17.6 Å². The zero-order valence-electron chi connectivity index (χ0n) is 17.6. The van der Waals surface area contributed by atoms with Crippen LogP contribution in [0, 0.1) is 5.82 Å². The first-order chi connectivity index (χ1) is 15.7. The first kappa shape index (κ1) is 20.8. The molecule has 0 radical (unpaired) electrons. The second kappa shape index (κ2) is 9.22. The molecule has 1 aliphatic rings. The van der Waals surface area contributed by atoms with Crippen molar-refractivity contribution in [1.82, 2.24) is 14.3 Å². The van der Waals surface area contributed by atoms with Crippen LogP contribution in [-0.2, 0) is 11.2 Å². The highest BCUT2D eigenvalue weighted by Crippen LogP contribution is 2.24. The van der Waals surface area contributed by atoms with Crippen LogP contribution in [-0.4, -0.2) is 46.0 Å². The third kappa shape index (κ3) is 4.31. The molecule has 164 valence electrons. The summed E-state index contributed by atoms with van der Waals surface area (Å²) < 4.78 is 22.2. The highest BCUT2D eigenvalue weighted by molar-refractivity contribution is 7.15. The van der Waals surface area contributed by atoms with Crippen LogP contribution < -0.4 is 0 Å². The highest BCUT2D eigenvalue weighted by atomic mass is 32.1. The molecule has 1 atom stereocenters. The predicted octanol–water partition coefficient (Wildman–Crippen LogP) is 5.07. The number of imidazole rings is 1. The van der Waals surface area contributed by atoms with Crippen LogP contribution in [0.5, 0.6) is 0 Å². The van der Waals surface area contributed by atoms with Crippen LogP contribution >= 0.6 is 11.3 Å². The van der Waals surface area contributed by atoms with Crippen LogP contribution in [0.15, 0.2) is 66.2 Å². The number of carbonyl (C=O) groups is 1. The van der Waals surface area contributed by atoms with Gasteiger partial charge in [0, 0.05) is 49.0 Å². The standard InChI is InChI=1S/C25H24FN3O2S/c26-22-11-5-4-10-21(22)24(30)28(15-20-9-6-14-31-20)13-12-19-17-32-25-27-23(16-29(19)25)18-7-2-1-3-8-18/h1-5,7-8,10-11,16-17,20H,6,9,12-15H2. The number of rotatable bonds is 7. The van der Waals surface area contributed by atoms with Crippen molar-refractivity contribution < 1.29 is 13.9 Å². The Hall–Kier alpha value is -3.03. The molecule has 0 saturated carbocycles. The molecule has 1 saturated heterocycles. The molecule has 1 aliphatic heterocycles. The normalized spacial score (nSPS) is 16.0. The van der Waals surface area contributed by atoms with E-state index in [1.54, 1.807) is 34.4 Å². The molecule has 0 spiro atoms. The summed E-state index contributed by atoms with van der Waals surface area (Å²) in [7, 11) is 0. The molecule has 0 N–H and O–H groups in total. The lowest BCUT2D eigenvalue weighted by Crippen LogP contribution is -2.39. The van der Waals surface area contributed by atoms with Gasteiger partial charge in [-0.3, -0.25) is 9.20 Å². The largest absolute Gasteiger partial charge is 0.376 e. The van der Waals surface area contributed by atoms with Gasteiger partial charge in [0.15, 0.2) is 4.96 Å². The number of hydrogen-bond acceptors (Lipinski definition) is 4. The topological polar surface area (TPSA) is 46.8 Å². The summed E-state index contributed by atoms with van der Waals surface area (Å²) in [6.07, 6.45) is 4.61. The van der Waals surface area contributed by atoms with E-state index in [1.807, 2.05) is 36.5 Å². The van der Waals surface area contributed by atoms with Crippen LogP contribution in [0.3, 0.4) is 0 Å². The number of thiazole rings is 1. The van der Waals surface area contributed by atoms with Crippen LogP contribution in [0.2, 0.25) is 0 Å². The van der Waals surface area contributed by atoms with Gasteiger partial charge in [-0.1, -0.05) is 42.5 Å². The molecule has 2 aromatic heterocycles. The van der Waals surface area contributed by atoms with Gasteiger partial charge in [0.05, 0.1) is 17.4 Å². The number of benzene rings is 2. The minimum Gasteiger partial charge on any atom is -0.376 e. The van der Waals surface area contributed by atoms with Gasteiger partial charge >= 0.3 is 0 Å². The van der Waals surface area contributed by atoms with E-state index >= 15 is 0 Å². The van der Waals surface area contributed by atoms with Crippen molar-refractivity contribution in [2.45, 2.75) is 25.4 Å². The van der Waals surface area contributed by atoms with Gasteiger partial charge in [-0.25, -0.2) is 9.37 Å². The van der Waals surface area contributed by atoms with E-state index in [0.29, 0.717) is 19.5 Å². The Morgan fingerprint density at radius 3 is 2.78 bits per heavy atom. The fourth-order valence-corrected chi connectivity index (χ4v) is 5.03. The lowest BCUT2D eigenvalue weighted by atomic mass is 10.1. The third-order valence-electron chi connectivity index (χ3n) is 5.83. The maximum Gasteiger partial charge on any atom is 0.256 e. The average Bonchev–Trinajstić information content (AvgIpc) is 3.55. The minimum absolute atomic E-state index is 0.00569. The summed E-state index contributed by atoms with van der Waals surface area (Å²) in [5.74, 6) is -0.782. The van der Waals surface area contributed by atoms with Crippen molar-refractivity contribution in [3.05, 3.63) is 83.2 Å². The quantitative estimate of drug-likeness (QED) is 0.396. The Morgan fingerprint density at radius 2 is 2.00 bits per heavy atom. The summed E-state index contributed by atoms with van der Waals surface area (Å²) in [5, 5.41) is 2.08. The van der Waals surface area contributed by atoms with Crippen LogP contribution in [0.4, 0.5) is 4.39 Å². The Balaban J connectivity index is 1.37. The Labute approximate surface area is 190 Å². The van der Waals surface area contributed by atoms with E-state index in [0.717, 1.165) is 41.4 Å². The number of amides is 1. The van der Waals surface area contributed by atoms with E-state index in [4.69, 9.17) is 9.72 Å². The number of halogens is 1. The Bertz CT molecular complexity index is 1210. The molecule has 5 nitrogen and oxygen atoms in total. The molecule has 1 fully saturated rings. The second-order valence-electron chi connectivity index (χ2n) is 7.99. The SMILES string of the molecule is O=C(c1ccccc1F)N(CCc1csc2nc(-c3ccccc3)cn12)CC1CCCO1. The van der Waals surface area contributed by atoms with Gasteiger partial charge in [-0.15, -0.1) is 11.3 Å². The summed E-state index contributed by atoms with van der Waals surface area (Å²) in [5.41, 5.74) is 3.19. The highest BCUT2D eigenvalue weighted by Gasteiger charge is 2.25. The number of carbonyl (C=O) groups excluding carboxylic acids is 1. The molecule has 0 aliphatic carbocycles. The summed E-state index contributed by atoms with van der Waals surface area (Å²) in [6.45, 7) is 1.67. The minimum atomic E-state index is -0.491. The zero-order valence-corrected chi connectivity index (χ0v) is 18.4. The maximum atomic E-state index is 14.3. The lowest BCUT2D eigenvalue weighted by Gasteiger charge is -2.25. The number of fused-ring (bicyclic) bond motifs is 1. The molecule has 7 heteroatoms. The number of aromatic nitrogens is 2. The van der Waals surface area contributed by atoms with E-state index in [9.17, 15) is 9.18 Å². The Morgan fingerprint density at radius 1 is 1.19 bits per heavy atom. The molecule has 1 unspecified atom stereocenters. The summed E-state index contributed by atoms with van der Waals surface area (Å²) in [6, 6.07) is 16.2. The first-order valence-corrected chi connectivity index (χ1v) is 11.7. The van der Waals surface area contributed by atoms with Crippen molar-refractivity contribution in [3.63, 3.8) is 0 Å². The number of nitrogens with zero attached hydrogens (tertiary/aromatic N) is 3. The average molecular weight is 450 g/mol. The Kier molecular flexibility index (Phi) is 6.01.